The number of benzene rings is 2. The van der Waals surface area contributed by atoms with E-state index in [0.717, 1.165) is 56.6 Å². The number of amides is 1. The molecular weight excluding hydrogens is 457 g/mol. The number of nitrogens with zero attached hydrogens (tertiary/aromatic N) is 3. The monoisotopic (exact) mass is 491 g/mol. The number of likely N-dealkylation sites (tertiary alicyclic amines) is 2. The molecule has 34 heavy (non-hydrogen) atoms. The van der Waals surface area contributed by atoms with E-state index in [-0.39, 0.29) is 42.6 Å². The normalized spacial score (nSPS) is 24.6. The fourth-order valence-corrected chi connectivity index (χ4v) is 4.88. The van der Waals surface area contributed by atoms with Crippen LogP contribution in [0.3, 0.4) is 0 Å². The van der Waals surface area contributed by atoms with Crippen LogP contribution in [-0.2, 0) is 11.2 Å². The first-order valence-electron chi connectivity index (χ1n) is 11.8. The maximum atomic E-state index is 13.4. The SMILES string of the molecule is CN1CC[C@@H](O)C1.CN1CC[C@@H](OC(=O)N2CCc3ccccc3[C@@H]2c2ccc(F)cc2)C1.Cl. The number of likely N-dealkylation sites (N-methyl/N-ethyl adjacent to an activating group) is 2. The lowest BCUT2D eigenvalue weighted by Gasteiger charge is -2.37. The number of rotatable bonds is 2. The van der Waals surface area contributed by atoms with E-state index in [4.69, 9.17) is 9.84 Å². The molecule has 5 rings (SSSR count). The molecule has 3 heterocycles. The van der Waals surface area contributed by atoms with Crippen molar-refractivity contribution in [1.29, 1.82) is 0 Å². The van der Waals surface area contributed by atoms with Crippen molar-refractivity contribution >= 4 is 18.5 Å². The molecule has 1 N–H and O–H groups in total. The molecule has 3 aliphatic heterocycles. The highest BCUT2D eigenvalue weighted by Crippen LogP contribution is 2.36. The van der Waals surface area contributed by atoms with E-state index in [1.807, 2.05) is 32.3 Å². The number of fused-ring (bicyclic) bond motifs is 1. The summed E-state index contributed by atoms with van der Waals surface area (Å²) in [7, 11) is 4.06. The second-order valence-corrected chi connectivity index (χ2v) is 9.36. The Morgan fingerprint density at radius 1 is 0.971 bits per heavy atom. The quantitative estimate of drug-likeness (QED) is 0.694. The van der Waals surface area contributed by atoms with Crippen LogP contribution >= 0.6 is 12.4 Å². The van der Waals surface area contributed by atoms with Crippen molar-refractivity contribution in [2.75, 3.05) is 46.8 Å². The molecule has 0 aliphatic carbocycles. The summed E-state index contributed by atoms with van der Waals surface area (Å²) in [5.41, 5.74) is 3.22. The number of carbonyl (C=O) groups excluding carboxylic acids is 1. The fourth-order valence-electron chi connectivity index (χ4n) is 4.88. The molecule has 0 saturated carbocycles. The topological polar surface area (TPSA) is 56.2 Å². The zero-order chi connectivity index (χ0) is 23.4. The van der Waals surface area contributed by atoms with Crippen molar-refractivity contribution in [3.63, 3.8) is 0 Å². The van der Waals surface area contributed by atoms with Gasteiger partial charge in [-0.3, -0.25) is 4.90 Å². The predicted molar refractivity (Wildman–Crippen MR) is 133 cm³/mol. The van der Waals surface area contributed by atoms with E-state index in [0.29, 0.717) is 6.54 Å². The van der Waals surface area contributed by atoms with Gasteiger partial charge in [0.1, 0.15) is 11.9 Å². The first-order chi connectivity index (χ1) is 15.9. The summed E-state index contributed by atoms with van der Waals surface area (Å²) < 4.78 is 19.2. The molecule has 2 saturated heterocycles. The summed E-state index contributed by atoms with van der Waals surface area (Å²) in [6.45, 7) is 4.24. The van der Waals surface area contributed by atoms with Crippen LogP contribution in [0.1, 0.15) is 35.6 Å². The summed E-state index contributed by atoms with van der Waals surface area (Å²) in [5.74, 6) is -0.277. The Morgan fingerprint density at radius 3 is 2.24 bits per heavy atom. The highest BCUT2D eigenvalue weighted by Gasteiger charge is 2.34. The standard InChI is InChI=1S/C21H23FN2O2.C5H11NO.ClH/c1-23-12-11-18(14-23)26-21(25)24-13-10-15-4-2-3-5-19(15)20(24)16-6-8-17(22)9-7-16;1-6-3-2-5(7)4-6;/h2-9,18,20H,10-14H2,1H3;5,7H,2-4H2,1H3;1H/t18-,20+;5-;/m11./s1. The summed E-state index contributed by atoms with van der Waals surface area (Å²) in [4.78, 5) is 19.0. The van der Waals surface area contributed by atoms with Crippen LogP contribution in [0.5, 0.6) is 0 Å². The van der Waals surface area contributed by atoms with Gasteiger partial charge in [0, 0.05) is 32.7 Å². The first-order valence-corrected chi connectivity index (χ1v) is 11.8. The number of halogens is 2. The van der Waals surface area contributed by atoms with Gasteiger partial charge in [0.2, 0.25) is 0 Å². The maximum Gasteiger partial charge on any atom is 0.410 e. The molecule has 0 radical (unpaired) electrons. The van der Waals surface area contributed by atoms with Crippen LogP contribution in [0.15, 0.2) is 48.5 Å². The smallest absolute Gasteiger partial charge is 0.410 e. The Hall–Kier alpha value is -2.19. The minimum Gasteiger partial charge on any atom is -0.445 e. The Labute approximate surface area is 207 Å². The lowest BCUT2D eigenvalue weighted by atomic mass is 9.88. The molecule has 0 unspecified atom stereocenters. The van der Waals surface area contributed by atoms with Crippen molar-refractivity contribution in [3.05, 3.63) is 71.0 Å². The molecule has 6 nitrogen and oxygen atoms in total. The number of hydrogen-bond acceptors (Lipinski definition) is 5. The van der Waals surface area contributed by atoms with Crippen molar-refractivity contribution < 1.29 is 19.0 Å². The van der Waals surface area contributed by atoms with Gasteiger partial charge in [0.25, 0.3) is 0 Å². The van der Waals surface area contributed by atoms with Gasteiger partial charge in [0.05, 0.1) is 12.1 Å². The van der Waals surface area contributed by atoms with Gasteiger partial charge < -0.3 is 19.6 Å². The summed E-state index contributed by atoms with van der Waals surface area (Å²) in [6, 6.07) is 14.3. The third kappa shape index (κ3) is 6.48. The Bertz CT molecular complexity index is 937. The number of aliphatic hydroxyl groups excluding tert-OH is 1. The molecule has 0 bridgehead atoms. The number of aliphatic hydroxyl groups is 1. The van der Waals surface area contributed by atoms with Gasteiger partial charge in [-0.05, 0) is 62.2 Å². The maximum absolute atomic E-state index is 13.4. The number of β-amino-alcohol motifs (C(OH)–C–C–N with tert-alkyl or cyclic N) is 1. The minimum atomic E-state index is -0.283. The predicted octanol–water partition coefficient (Wildman–Crippen LogP) is 3.72. The van der Waals surface area contributed by atoms with Crippen LogP contribution in [0.4, 0.5) is 9.18 Å². The number of ether oxygens (including phenoxy) is 1. The van der Waals surface area contributed by atoms with Crippen molar-refractivity contribution in [2.45, 2.75) is 37.5 Å². The second-order valence-electron chi connectivity index (χ2n) is 9.36. The van der Waals surface area contributed by atoms with Gasteiger partial charge in [-0.2, -0.15) is 0 Å². The molecular formula is C26H35ClFN3O3. The van der Waals surface area contributed by atoms with E-state index >= 15 is 0 Å². The Morgan fingerprint density at radius 2 is 1.65 bits per heavy atom. The van der Waals surface area contributed by atoms with Gasteiger partial charge in [-0.25, -0.2) is 9.18 Å². The first kappa shape index (κ1) is 26.4. The van der Waals surface area contributed by atoms with E-state index in [2.05, 4.69) is 15.9 Å². The van der Waals surface area contributed by atoms with Crippen LogP contribution in [-0.4, -0.2) is 84.9 Å². The highest BCUT2D eigenvalue weighted by molar-refractivity contribution is 5.85. The molecule has 8 heteroatoms. The average molecular weight is 492 g/mol. The summed E-state index contributed by atoms with van der Waals surface area (Å²) in [6.07, 6.45) is 2.23. The molecule has 3 aliphatic rings. The molecule has 3 atom stereocenters. The third-order valence-corrected chi connectivity index (χ3v) is 6.69. The van der Waals surface area contributed by atoms with Crippen LogP contribution in [0.2, 0.25) is 0 Å². The van der Waals surface area contributed by atoms with E-state index in [9.17, 15) is 9.18 Å². The molecule has 2 aromatic carbocycles. The molecule has 186 valence electrons. The van der Waals surface area contributed by atoms with Gasteiger partial charge in [-0.1, -0.05) is 36.4 Å². The third-order valence-electron chi connectivity index (χ3n) is 6.69. The van der Waals surface area contributed by atoms with Crippen molar-refractivity contribution in [3.8, 4) is 0 Å². The second kappa shape index (κ2) is 12.0. The molecule has 0 aromatic heterocycles. The van der Waals surface area contributed by atoms with E-state index < -0.39 is 0 Å². The van der Waals surface area contributed by atoms with E-state index in [1.54, 1.807) is 17.0 Å². The van der Waals surface area contributed by atoms with Crippen molar-refractivity contribution in [1.82, 2.24) is 14.7 Å². The van der Waals surface area contributed by atoms with Gasteiger partial charge >= 0.3 is 6.09 Å². The number of carbonyl (C=O) groups is 1. The van der Waals surface area contributed by atoms with Gasteiger partial charge in [-0.15, -0.1) is 12.4 Å². The van der Waals surface area contributed by atoms with Gasteiger partial charge in [0.15, 0.2) is 0 Å². The lowest BCUT2D eigenvalue weighted by molar-refractivity contribution is 0.0569. The molecule has 2 aromatic rings. The zero-order valence-corrected chi connectivity index (χ0v) is 20.7. The molecule has 0 spiro atoms. The van der Waals surface area contributed by atoms with Crippen LogP contribution in [0.25, 0.3) is 0 Å². The van der Waals surface area contributed by atoms with E-state index in [1.165, 1.54) is 17.7 Å². The average Bonchev–Trinajstić information content (AvgIpc) is 3.40. The minimum absolute atomic E-state index is 0. The zero-order valence-electron chi connectivity index (χ0n) is 19.9. The largest absolute Gasteiger partial charge is 0.445 e. The number of hydrogen-bond donors (Lipinski definition) is 1. The summed E-state index contributed by atoms with van der Waals surface area (Å²) >= 11 is 0. The highest BCUT2D eigenvalue weighted by atomic mass is 35.5. The van der Waals surface area contributed by atoms with Crippen molar-refractivity contribution in [2.24, 2.45) is 0 Å². The Balaban J connectivity index is 0.000000350. The van der Waals surface area contributed by atoms with Crippen LogP contribution < -0.4 is 0 Å². The van der Waals surface area contributed by atoms with Crippen LogP contribution in [0, 0.1) is 5.82 Å². The molecule has 2 fully saturated rings. The lowest BCUT2D eigenvalue weighted by Crippen LogP contribution is -2.42. The fraction of sp³-hybridized carbons (Fsp3) is 0.500. The molecule has 1 amide bonds. The Kier molecular flexibility index (Phi) is 9.31. The summed E-state index contributed by atoms with van der Waals surface area (Å²) in [5, 5.41) is 8.86.